The molecule has 0 bridgehead atoms. The van der Waals surface area contributed by atoms with Crippen molar-refractivity contribution < 1.29 is 9.53 Å². The first-order chi connectivity index (χ1) is 10.4. The fourth-order valence-corrected chi connectivity index (χ4v) is 2.75. The smallest absolute Gasteiger partial charge is 0.309 e. The molecule has 0 amide bonds. The normalized spacial score (nSPS) is 13.1. The van der Waals surface area contributed by atoms with E-state index in [1.165, 1.54) is 57.8 Å². The Morgan fingerprint density at radius 3 is 1.64 bits per heavy atom. The predicted octanol–water partition coefficient (Wildman–Crippen LogP) is 6.67. The molecule has 0 heterocycles. The van der Waals surface area contributed by atoms with E-state index in [2.05, 4.69) is 13.8 Å². The minimum Gasteiger partial charge on any atom is -0.460 e. The fourth-order valence-electron chi connectivity index (χ4n) is 2.75. The van der Waals surface area contributed by atoms with Gasteiger partial charge in [0.2, 0.25) is 0 Å². The van der Waals surface area contributed by atoms with Gasteiger partial charge < -0.3 is 4.74 Å². The van der Waals surface area contributed by atoms with Gasteiger partial charge in [-0.25, -0.2) is 0 Å². The third kappa shape index (κ3) is 13.2. The molecule has 0 aliphatic heterocycles. The molecule has 0 aromatic rings. The van der Waals surface area contributed by atoms with Crippen molar-refractivity contribution >= 4 is 5.97 Å². The van der Waals surface area contributed by atoms with Crippen LogP contribution in [0, 0.1) is 5.92 Å². The first-order valence-electron chi connectivity index (χ1n) is 9.63. The van der Waals surface area contributed by atoms with E-state index < -0.39 is 0 Å². The third-order valence-corrected chi connectivity index (χ3v) is 4.05. The Kier molecular flexibility index (Phi) is 12.6. The van der Waals surface area contributed by atoms with Gasteiger partial charge in [0.1, 0.15) is 5.60 Å². The Hall–Kier alpha value is -0.530. The number of rotatable bonds is 13. The molecule has 0 N–H and O–H groups in total. The zero-order chi connectivity index (χ0) is 16.8. The average Bonchev–Trinajstić information content (AvgIpc) is 2.42. The Labute approximate surface area is 139 Å². The zero-order valence-electron chi connectivity index (χ0n) is 15.9. The minimum absolute atomic E-state index is 0.0255. The molecule has 0 saturated heterocycles. The van der Waals surface area contributed by atoms with Crippen LogP contribution in [0.4, 0.5) is 0 Å². The molecule has 0 radical (unpaired) electrons. The highest BCUT2D eigenvalue weighted by molar-refractivity contribution is 5.72. The van der Waals surface area contributed by atoms with Gasteiger partial charge in [-0.2, -0.15) is 0 Å². The van der Waals surface area contributed by atoms with Crippen LogP contribution in [0.5, 0.6) is 0 Å². The van der Waals surface area contributed by atoms with Gasteiger partial charge in [0.25, 0.3) is 0 Å². The molecular weight excluding hydrogens is 272 g/mol. The standard InChI is InChI=1S/C20H40O2/c1-6-8-10-12-13-15-17-18(16-14-11-9-7-2)19(21)22-20(3,4)5/h18H,6-17H2,1-5H3. The summed E-state index contributed by atoms with van der Waals surface area (Å²) in [4.78, 5) is 12.4. The van der Waals surface area contributed by atoms with Crippen LogP contribution in [0.2, 0.25) is 0 Å². The lowest BCUT2D eigenvalue weighted by atomic mass is 9.94. The fraction of sp³-hybridized carbons (Fsp3) is 0.950. The summed E-state index contributed by atoms with van der Waals surface area (Å²) in [5.74, 6) is 0.139. The predicted molar refractivity (Wildman–Crippen MR) is 96.1 cm³/mol. The third-order valence-electron chi connectivity index (χ3n) is 4.05. The van der Waals surface area contributed by atoms with Crippen molar-refractivity contribution in [1.29, 1.82) is 0 Å². The average molecular weight is 313 g/mol. The van der Waals surface area contributed by atoms with Crippen LogP contribution in [0.15, 0.2) is 0 Å². The lowest BCUT2D eigenvalue weighted by Crippen LogP contribution is -2.28. The summed E-state index contributed by atoms with van der Waals surface area (Å²) in [5.41, 5.74) is -0.361. The molecule has 2 nitrogen and oxygen atoms in total. The maximum atomic E-state index is 12.4. The van der Waals surface area contributed by atoms with Gasteiger partial charge in [0, 0.05) is 0 Å². The topological polar surface area (TPSA) is 26.3 Å². The molecule has 1 unspecified atom stereocenters. The molecule has 0 aliphatic rings. The second kappa shape index (κ2) is 13.0. The number of esters is 1. The van der Waals surface area contributed by atoms with E-state index in [1.807, 2.05) is 20.8 Å². The van der Waals surface area contributed by atoms with Crippen LogP contribution in [0.1, 0.15) is 112 Å². The van der Waals surface area contributed by atoms with Crippen LogP contribution in [0.3, 0.4) is 0 Å². The van der Waals surface area contributed by atoms with E-state index in [-0.39, 0.29) is 17.5 Å². The first kappa shape index (κ1) is 21.5. The van der Waals surface area contributed by atoms with Gasteiger partial charge in [-0.3, -0.25) is 4.79 Å². The number of hydrogen-bond donors (Lipinski definition) is 0. The summed E-state index contributed by atoms with van der Waals surface area (Å²) in [5, 5.41) is 0. The first-order valence-corrected chi connectivity index (χ1v) is 9.63. The molecule has 132 valence electrons. The van der Waals surface area contributed by atoms with Crippen molar-refractivity contribution in [2.45, 2.75) is 117 Å². The maximum Gasteiger partial charge on any atom is 0.309 e. The molecule has 0 rings (SSSR count). The van der Waals surface area contributed by atoms with Crippen LogP contribution < -0.4 is 0 Å². The van der Waals surface area contributed by atoms with Crippen molar-refractivity contribution in [2.24, 2.45) is 5.92 Å². The van der Waals surface area contributed by atoms with Crippen molar-refractivity contribution in [2.75, 3.05) is 0 Å². The maximum absolute atomic E-state index is 12.4. The van der Waals surface area contributed by atoms with Crippen LogP contribution in [-0.4, -0.2) is 11.6 Å². The number of carbonyl (C=O) groups excluding carboxylic acids is 1. The molecule has 0 aromatic carbocycles. The lowest BCUT2D eigenvalue weighted by Gasteiger charge is -2.24. The largest absolute Gasteiger partial charge is 0.460 e. The highest BCUT2D eigenvalue weighted by Crippen LogP contribution is 2.22. The van der Waals surface area contributed by atoms with E-state index in [0.717, 1.165) is 19.3 Å². The van der Waals surface area contributed by atoms with E-state index in [0.29, 0.717) is 0 Å². The number of hydrogen-bond acceptors (Lipinski definition) is 2. The van der Waals surface area contributed by atoms with Crippen LogP contribution in [0.25, 0.3) is 0 Å². The van der Waals surface area contributed by atoms with Gasteiger partial charge in [-0.1, -0.05) is 78.1 Å². The summed E-state index contributed by atoms with van der Waals surface area (Å²) in [6, 6.07) is 0. The van der Waals surface area contributed by atoms with E-state index >= 15 is 0 Å². The van der Waals surface area contributed by atoms with Crippen LogP contribution >= 0.6 is 0 Å². The van der Waals surface area contributed by atoms with Crippen molar-refractivity contribution in [1.82, 2.24) is 0 Å². The second-order valence-corrected chi connectivity index (χ2v) is 7.64. The van der Waals surface area contributed by atoms with Gasteiger partial charge in [-0.05, 0) is 33.6 Å². The number of ether oxygens (including phenoxy) is 1. The van der Waals surface area contributed by atoms with Gasteiger partial charge in [0.05, 0.1) is 5.92 Å². The monoisotopic (exact) mass is 312 g/mol. The van der Waals surface area contributed by atoms with Crippen LogP contribution in [-0.2, 0) is 9.53 Å². The minimum atomic E-state index is -0.361. The molecule has 22 heavy (non-hydrogen) atoms. The summed E-state index contributed by atoms with van der Waals surface area (Å²) in [6.07, 6.45) is 14.6. The highest BCUT2D eigenvalue weighted by atomic mass is 16.6. The quantitative estimate of drug-likeness (QED) is 0.280. The Morgan fingerprint density at radius 2 is 1.18 bits per heavy atom. The summed E-state index contributed by atoms with van der Waals surface area (Å²) >= 11 is 0. The Bertz CT molecular complexity index is 265. The molecule has 2 heteroatoms. The molecular formula is C20H40O2. The zero-order valence-corrected chi connectivity index (χ0v) is 15.9. The van der Waals surface area contributed by atoms with Gasteiger partial charge >= 0.3 is 5.97 Å². The molecule has 1 atom stereocenters. The van der Waals surface area contributed by atoms with E-state index in [4.69, 9.17) is 4.74 Å². The molecule has 0 aliphatic carbocycles. The lowest BCUT2D eigenvalue weighted by molar-refractivity contribution is -0.160. The highest BCUT2D eigenvalue weighted by Gasteiger charge is 2.24. The molecule has 0 aromatic heterocycles. The molecule has 0 saturated carbocycles. The summed E-state index contributed by atoms with van der Waals surface area (Å²) in [6.45, 7) is 10.4. The summed E-state index contributed by atoms with van der Waals surface area (Å²) in [7, 11) is 0. The van der Waals surface area contributed by atoms with Gasteiger partial charge in [-0.15, -0.1) is 0 Å². The van der Waals surface area contributed by atoms with Crippen molar-refractivity contribution in [3.63, 3.8) is 0 Å². The second-order valence-electron chi connectivity index (χ2n) is 7.64. The van der Waals surface area contributed by atoms with Crippen molar-refractivity contribution in [3.8, 4) is 0 Å². The van der Waals surface area contributed by atoms with E-state index in [1.54, 1.807) is 0 Å². The molecule has 0 spiro atoms. The Balaban J connectivity index is 4.12. The molecule has 0 fully saturated rings. The number of carbonyl (C=O) groups is 1. The number of unbranched alkanes of at least 4 members (excludes halogenated alkanes) is 8. The van der Waals surface area contributed by atoms with E-state index in [9.17, 15) is 4.79 Å². The summed E-state index contributed by atoms with van der Waals surface area (Å²) < 4.78 is 5.61. The Morgan fingerprint density at radius 1 is 0.773 bits per heavy atom. The van der Waals surface area contributed by atoms with Gasteiger partial charge in [0.15, 0.2) is 0 Å². The SMILES string of the molecule is CCCCCCCCC(CCCCCC)C(=O)OC(C)(C)C. The van der Waals surface area contributed by atoms with Crippen molar-refractivity contribution in [3.05, 3.63) is 0 Å².